The van der Waals surface area contributed by atoms with Crippen LogP contribution in [0.15, 0.2) is 41.5 Å². The van der Waals surface area contributed by atoms with Gasteiger partial charge in [-0.15, -0.1) is 0 Å². The molecular weight excluding hydrogens is 324 g/mol. The molecule has 132 valence electrons. The van der Waals surface area contributed by atoms with Crippen LogP contribution >= 0.6 is 0 Å². The highest BCUT2D eigenvalue weighted by atomic mass is 16.5. The zero-order chi connectivity index (χ0) is 18.2. The van der Waals surface area contributed by atoms with Gasteiger partial charge >= 0.3 is 0 Å². The molecule has 0 heterocycles. The molecule has 0 saturated carbocycles. The number of hydrogen-bond donors (Lipinski definition) is 1. The molecule has 0 saturated heterocycles. The van der Waals surface area contributed by atoms with Gasteiger partial charge in [-0.05, 0) is 24.3 Å². The molecule has 0 aliphatic carbocycles. The number of hydrazone groups is 1. The topological polar surface area (TPSA) is 78.4 Å². The van der Waals surface area contributed by atoms with E-state index >= 15 is 0 Å². The lowest BCUT2D eigenvalue weighted by Gasteiger charge is -2.09. The third-order valence-electron chi connectivity index (χ3n) is 3.44. The zero-order valence-electron chi connectivity index (χ0n) is 14.5. The van der Waals surface area contributed by atoms with E-state index in [2.05, 4.69) is 10.5 Å². The summed E-state index contributed by atoms with van der Waals surface area (Å²) in [6.07, 6.45) is 1.47. The number of amides is 1. The fourth-order valence-electron chi connectivity index (χ4n) is 2.17. The molecular formula is C18H20N2O5. The van der Waals surface area contributed by atoms with Gasteiger partial charge in [-0.2, -0.15) is 5.10 Å². The van der Waals surface area contributed by atoms with Crippen LogP contribution in [0.3, 0.4) is 0 Å². The van der Waals surface area contributed by atoms with Crippen molar-refractivity contribution in [3.05, 3.63) is 47.5 Å². The van der Waals surface area contributed by atoms with Gasteiger partial charge in [-0.1, -0.05) is 6.07 Å². The summed E-state index contributed by atoms with van der Waals surface area (Å²) in [7, 11) is 6.13. The molecule has 1 amide bonds. The first kappa shape index (κ1) is 18.1. The molecule has 2 rings (SSSR count). The van der Waals surface area contributed by atoms with Crippen molar-refractivity contribution in [2.45, 2.75) is 0 Å². The largest absolute Gasteiger partial charge is 0.497 e. The first-order valence-corrected chi connectivity index (χ1v) is 7.40. The summed E-state index contributed by atoms with van der Waals surface area (Å²) in [5, 5.41) is 3.98. The number of benzene rings is 2. The van der Waals surface area contributed by atoms with Gasteiger partial charge in [0, 0.05) is 11.6 Å². The molecule has 7 heteroatoms. The molecule has 0 aromatic heterocycles. The van der Waals surface area contributed by atoms with Gasteiger partial charge in [0.15, 0.2) is 0 Å². The van der Waals surface area contributed by atoms with Crippen molar-refractivity contribution in [3.63, 3.8) is 0 Å². The SMILES string of the molecule is COc1cc(OC)cc(C(=O)N/N=C\c2c(OC)cccc2OC)c1. The molecule has 0 bridgehead atoms. The van der Waals surface area contributed by atoms with E-state index in [9.17, 15) is 4.79 Å². The summed E-state index contributed by atoms with van der Waals surface area (Å²) in [6, 6.07) is 10.2. The molecule has 2 aromatic rings. The number of hydrogen-bond acceptors (Lipinski definition) is 6. The van der Waals surface area contributed by atoms with Crippen LogP contribution in [0.1, 0.15) is 15.9 Å². The third-order valence-corrected chi connectivity index (χ3v) is 3.44. The minimum atomic E-state index is -0.401. The lowest BCUT2D eigenvalue weighted by molar-refractivity contribution is 0.0954. The molecule has 7 nitrogen and oxygen atoms in total. The maximum atomic E-state index is 12.3. The predicted octanol–water partition coefficient (Wildman–Crippen LogP) is 2.48. The second-order valence-electron chi connectivity index (χ2n) is 4.88. The minimum absolute atomic E-state index is 0.361. The van der Waals surface area contributed by atoms with Crippen LogP contribution in [0, 0.1) is 0 Å². The predicted molar refractivity (Wildman–Crippen MR) is 94.2 cm³/mol. The highest BCUT2D eigenvalue weighted by molar-refractivity contribution is 5.96. The van der Waals surface area contributed by atoms with E-state index in [4.69, 9.17) is 18.9 Å². The molecule has 0 aliphatic heterocycles. The molecule has 0 aliphatic rings. The van der Waals surface area contributed by atoms with Crippen LogP contribution in [0.2, 0.25) is 0 Å². The number of rotatable bonds is 7. The van der Waals surface area contributed by atoms with E-state index in [1.54, 1.807) is 50.6 Å². The van der Waals surface area contributed by atoms with E-state index in [0.29, 0.717) is 34.1 Å². The Hall–Kier alpha value is -3.22. The number of carbonyl (C=O) groups excluding carboxylic acids is 1. The van der Waals surface area contributed by atoms with E-state index in [1.807, 2.05) is 0 Å². The highest BCUT2D eigenvalue weighted by Crippen LogP contribution is 2.26. The summed E-state index contributed by atoms with van der Waals surface area (Å²) in [4.78, 5) is 12.3. The van der Waals surface area contributed by atoms with Gasteiger partial charge in [-0.25, -0.2) is 5.43 Å². The van der Waals surface area contributed by atoms with Crippen molar-refractivity contribution in [1.29, 1.82) is 0 Å². The van der Waals surface area contributed by atoms with Crippen LogP contribution in [0.25, 0.3) is 0 Å². The van der Waals surface area contributed by atoms with Crippen LogP contribution in [0.4, 0.5) is 0 Å². The minimum Gasteiger partial charge on any atom is -0.497 e. The Labute approximate surface area is 146 Å². The molecule has 2 aromatic carbocycles. The summed E-state index contributed by atoms with van der Waals surface area (Å²) in [5.41, 5.74) is 3.44. The zero-order valence-corrected chi connectivity index (χ0v) is 14.5. The second-order valence-corrected chi connectivity index (χ2v) is 4.88. The van der Waals surface area contributed by atoms with Crippen molar-refractivity contribution < 1.29 is 23.7 Å². The molecule has 0 radical (unpaired) electrons. The highest BCUT2D eigenvalue weighted by Gasteiger charge is 2.10. The second kappa shape index (κ2) is 8.58. The molecule has 0 fully saturated rings. The maximum Gasteiger partial charge on any atom is 0.271 e. The maximum absolute atomic E-state index is 12.3. The molecule has 0 unspecified atom stereocenters. The summed E-state index contributed by atoms with van der Waals surface area (Å²) < 4.78 is 20.8. The Bertz CT molecular complexity index is 730. The lowest BCUT2D eigenvalue weighted by Crippen LogP contribution is -2.18. The lowest BCUT2D eigenvalue weighted by atomic mass is 10.2. The summed E-state index contributed by atoms with van der Waals surface area (Å²) in [6.45, 7) is 0. The van der Waals surface area contributed by atoms with Crippen LogP contribution < -0.4 is 24.4 Å². The standard InChI is InChI=1S/C18H20N2O5/c1-22-13-8-12(9-14(10-13)23-2)18(21)20-19-11-15-16(24-3)6-5-7-17(15)25-4/h5-11H,1-4H3,(H,20,21)/b19-11-. The van der Waals surface area contributed by atoms with Crippen LogP contribution in [-0.2, 0) is 0 Å². The van der Waals surface area contributed by atoms with Crippen molar-refractivity contribution in [2.75, 3.05) is 28.4 Å². The van der Waals surface area contributed by atoms with E-state index in [-0.39, 0.29) is 0 Å². The quantitative estimate of drug-likeness (QED) is 0.617. The van der Waals surface area contributed by atoms with Gasteiger partial charge in [0.05, 0.1) is 40.2 Å². The van der Waals surface area contributed by atoms with Gasteiger partial charge in [0.25, 0.3) is 5.91 Å². The number of nitrogens with zero attached hydrogens (tertiary/aromatic N) is 1. The van der Waals surface area contributed by atoms with Crippen molar-refractivity contribution >= 4 is 12.1 Å². The fourth-order valence-corrected chi connectivity index (χ4v) is 2.17. The van der Waals surface area contributed by atoms with E-state index < -0.39 is 5.91 Å². The number of carbonyl (C=O) groups is 1. The first-order chi connectivity index (χ1) is 12.1. The van der Waals surface area contributed by atoms with Crippen molar-refractivity contribution in [1.82, 2.24) is 5.43 Å². The number of methoxy groups -OCH3 is 4. The fraction of sp³-hybridized carbons (Fsp3) is 0.222. The van der Waals surface area contributed by atoms with E-state index in [1.165, 1.54) is 20.4 Å². The Morgan fingerprint density at radius 2 is 1.48 bits per heavy atom. The van der Waals surface area contributed by atoms with Gasteiger partial charge < -0.3 is 18.9 Å². The smallest absolute Gasteiger partial charge is 0.271 e. The Kier molecular flexibility index (Phi) is 6.22. The van der Waals surface area contributed by atoms with Crippen molar-refractivity contribution in [3.8, 4) is 23.0 Å². The Morgan fingerprint density at radius 3 is 1.96 bits per heavy atom. The average Bonchev–Trinajstić information content (AvgIpc) is 2.67. The van der Waals surface area contributed by atoms with Crippen LogP contribution in [0.5, 0.6) is 23.0 Å². The molecule has 0 atom stereocenters. The normalized spacial score (nSPS) is 10.4. The Balaban J connectivity index is 2.19. The van der Waals surface area contributed by atoms with Crippen LogP contribution in [-0.4, -0.2) is 40.6 Å². The first-order valence-electron chi connectivity index (χ1n) is 7.40. The molecule has 25 heavy (non-hydrogen) atoms. The van der Waals surface area contributed by atoms with Gasteiger partial charge in [0.1, 0.15) is 23.0 Å². The van der Waals surface area contributed by atoms with Gasteiger partial charge in [0.2, 0.25) is 0 Å². The molecule has 0 spiro atoms. The van der Waals surface area contributed by atoms with E-state index in [0.717, 1.165) is 0 Å². The van der Waals surface area contributed by atoms with Crippen molar-refractivity contribution in [2.24, 2.45) is 5.10 Å². The third kappa shape index (κ3) is 4.41. The summed E-state index contributed by atoms with van der Waals surface area (Å²) in [5.74, 6) is 1.79. The monoisotopic (exact) mass is 344 g/mol. The number of ether oxygens (including phenoxy) is 4. The van der Waals surface area contributed by atoms with Gasteiger partial charge in [-0.3, -0.25) is 4.79 Å². The summed E-state index contributed by atoms with van der Waals surface area (Å²) >= 11 is 0. The average molecular weight is 344 g/mol. The Morgan fingerprint density at radius 1 is 0.920 bits per heavy atom. The number of nitrogens with one attached hydrogen (secondary N) is 1. The molecule has 1 N–H and O–H groups in total.